The molecule has 4 nitrogen and oxygen atoms in total. The van der Waals surface area contributed by atoms with Gasteiger partial charge in [-0.15, -0.1) is 0 Å². The summed E-state index contributed by atoms with van der Waals surface area (Å²) < 4.78 is 0. The molecule has 0 radical (unpaired) electrons. The number of rotatable bonds is 5. The minimum absolute atomic E-state index is 0.0697. The van der Waals surface area contributed by atoms with Crippen LogP contribution in [0.4, 0.5) is 5.82 Å². The summed E-state index contributed by atoms with van der Waals surface area (Å²) in [5.74, 6) is 0.964. The molecule has 142 valence electrons. The quantitative estimate of drug-likeness (QED) is 0.709. The van der Waals surface area contributed by atoms with Crippen molar-refractivity contribution >= 4 is 11.7 Å². The molecule has 1 amide bonds. The summed E-state index contributed by atoms with van der Waals surface area (Å²) in [7, 11) is 0. The van der Waals surface area contributed by atoms with Gasteiger partial charge in [-0.3, -0.25) is 4.79 Å². The highest BCUT2D eigenvalue weighted by atomic mass is 16.1. The number of benzene rings is 2. The number of amides is 1. The van der Waals surface area contributed by atoms with Gasteiger partial charge in [0.2, 0.25) is 0 Å². The Morgan fingerprint density at radius 2 is 1.57 bits per heavy atom. The van der Waals surface area contributed by atoms with E-state index in [2.05, 4.69) is 39.5 Å². The van der Waals surface area contributed by atoms with Gasteiger partial charge in [-0.1, -0.05) is 48.5 Å². The first kappa shape index (κ1) is 18.2. The van der Waals surface area contributed by atoms with Crippen molar-refractivity contribution in [2.45, 2.75) is 25.8 Å². The topological polar surface area (TPSA) is 45.2 Å². The van der Waals surface area contributed by atoms with Crippen LogP contribution in [0.15, 0.2) is 72.9 Å². The molecule has 1 aliphatic heterocycles. The van der Waals surface area contributed by atoms with Crippen molar-refractivity contribution in [3.05, 3.63) is 84.1 Å². The molecule has 0 atom stereocenters. The van der Waals surface area contributed by atoms with Crippen molar-refractivity contribution in [2.24, 2.45) is 0 Å². The third-order valence-electron chi connectivity index (χ3n) is 5.20. The van der Waals surface area contributed by atoms with Crippen LogP contribution in [0.5, 0.6) is 0 Å². The summed E-state index contributed by atoms with van der Waals surface area (Å²) >= 11 is 0. The maximum Gasteiger partial charge on any atom is 0.251 e. The Kier molecular flexibility index (Phi) is 5.66. The van der Waals surface area contributed by atoms with Crippen molar-refractivity contribution in [2.75, 3.05) is 18.0 Å². The van der Waals surface area contributed by atoms with Crippen molar-refractivity contribution < 1.29 is 4.79 Å². The standard InChI is InChI=1S/C24H25N3O/c28-24(22-12-10-21(11-13-22)20-7-3-1-4-8-20)26-18-19-9-14-23(25-17-19)27-15-5-2-6-16-27/h1,3-4,7-14,17H,2,5-6,15-16,18H2,(H,26,28). The van der Waals surface area contributed by atoms with Crippen LogP contribution in [0.1, 0.15) is 35.2 Å². The van der Waals surface area contributed by atoms with E-state index in [1.807, 2.05) is 48.7 Å². The Hall–Kier alpha value is -3.14. The molecule has 1 fully saturated rings. The Bertz CT molecular complexity index is 899. The smallest absolute Gasteiger partial charge is 0.251 e. The molecular formula is C24H25N3O. The molecule has 0 unspecified atom stereocenters. The first-order valence-electron chi connectivity index (χ1n) is 9.93. The normalized spacial score (nSPS) is 13.9. The average Bonchev–Trinajstić information content (AvgIpc) is 2.79. The van der Waals surface area contributed by atoms with E-state index in [-0.39, 0.29) is 5.91 Å². The number of anilines is 1. The molecule has 4 rings (SSSR count). The molecule has 1 N–H and O–H groups in total. The molecule has 3 aromatic rings. The highest BCUT2D eigenvalue weighted by molar-refractivity contribution is 5.94. The van der Waals surface area contributed by atoms with Gasteiger partial charge in [0.15, 0.2) is 0 Å². The summed E-state index contributed by atoms with van der Waals surface area (Å²) in [6.07, 6.45) is 5.65. The SMILES string of the molecule is O=C(NCc1ccc(N2CCCCC2)nc1)c1ccc(-c2ccccc2)cc1. The van der Waals surface area contributed by atoms with Crippen LogP contribution in [-0.2, 0) is 6.54 Å². The molecule has 2 heterocycles. The first-order valence-corrected chi connectivity index (χ1v) is 9.93. The van der Waals surface area contributed by atoms with Crippen molar-refractivity contribution in [3.63, 3.8) is 0 Å². The third-order valence-corrected chi connectivity index (χ3v) is 5.20. The zero-order valence-corrected chi connectivity index (χ0v) is 16.0. The summed E-state index contributed by atoms with van der Waals surface area (Å²) in [6.45, 7) is 2.65. The number of carbonyl (C=O) groups excluding carboxylic acids is 1. The van der Waals surface area contributed by atoms with E-state index < -0.39 is 0 Å². The second-order valence-electron chi connectivity index (χ2n) is 7.20. The van der Waals surface area contributed by atoms with Crippen LogP contribution < -0.4 is 10.2 Å². The zero-order valence-electron chi connectivity index (χ0n) is 16.0. The van der Waals surface area contributed by atoms with Crippen molar-refractivity contribution in [1.29, 1.82) is 0 Å². The largest absolute Gasteiger partial charge is 0.357 e. The van der Waals surface area contributed by atoms with E-state index in [1.165, 1.54) is 19.3 Å². The lowest BCUT2D eigenvalue weighted by Gasteiger charge is -2.27. The number of piperidine rings is 1. The molecule has 0 bridgehead atoms. The van der Waals surface area contributed by atoms with E-state index in [1.54, 1.807) is 0 Å². The van der Waals surface area contributed by atoms with E-state index in [0.717, 1.165) is 35.6 Å². The molecule has 28 heavy (non-hydrogen) atoms. The van der Waals surface area contributed by atoms with Crippen LogP contribution in [0.2, 0.25) is 0 Å². The van der Waals surface area contributed by atoms with Crippen LogP contribution in [0, 0.1) is 0 Å². The fraction of sp³-hybridized carbons (Fsp3) is 0.250. The lowest BCUT2D eigenvalue weighted by atomic mass is 10.0. The molecule has 0 spiro atoms. The molecule has 2 aromatic carbocycles. The Morgan fingerprint density at radius 3 is 2.25 bits per heavy atom. The van der Waals surface area contributed by atoms with E-state index in [4.69, 9.17) is 0 Å². The maximum absolute atomic E-state index is 12.4. The van der Waals surface area contributed by atoms with Crippen molar-refractivity contribution in [1.82, 2.24) is 10.3 Å². The summed E-state index contributed by atoms with van der Waals surface area (Å²) in [4.78, 5) is 19.3. The molecule has 0 aliphatic carbocycles. The fourth-order valence-electron chi connectivity index (χ4n) is 3.56. The number of nitrogens with one attached hydrogen (secondary N) is 1. The third kappa shape index (κ3) is 4.39. The molecule has 1 aliphatic rings. The van der Waals surface area contributed by atoms with Gasteiger partial charge < -0.3 is 10.2 Å². The first-order chi connectivity index (χ1) is 13.8. The second-order valence-corrected chi connectivity index (χ2v) is 7.20. The number of hydrogen-bond acceptors (Lipinski definition) is 3. The number of nitrogens with zero attached hydrogens (tertiary/aromatic N) is 2. The van der Waals surface area contributed by atoms with Crippen LogP contribution in [-0.4, -0.2) is 24.0 Å². The van der Waals surface area contributed by atoms with Crippen LogP contribution >= 0.6 is 0 Å². The monoisotopic (exact) mass is 371 g/mol. The van der Waals surface area contributed by atoms with Crippen LogP contribution in [0.3, 0.4) is 0 Å². The van der Waals surface area contributed by atoms with Gasteiger partial charge in [0.1, 0.15) is 5.82 Å². The minimum Gasteiger partial charge on any atom is -0.357 e. The zero-order chi connectivity index (χ0) is 19.2. The summed E-state index contributed by atoms with van der Waals surface area (Å²) in [5, 5.41) is 2.98. The lowest BCUT2D eigenvalue weighted by molar-refractivity contribution is 0.0951. The van der Waals surface area contributed by atoms with Gasteiger partial charge in [0, 0.05) is 31.4 Å². The molecule has 1 aromatic heterocycles. The lowest BCUT2D eigenvalue weighted by Crippen LogP contribution is -2.30. The molecular weight excluding hydrogens is 346 g/mol. The van der Waals surface area contributed by atoms with Gasteiger partial charge >= 0.3 is 0 Å². The predicted octanol–water partition coefficient (Wildman–Crippen LogP) is 4.67. The maximum atomic E-state index is 12.4. The average molecular weight is 371 g/mol. The van der Waals surface area contributed by atoms with Gasteiger partial charge in [-0.25, -0.2) is 4.98 Å². The fourth-order valence-corrected chi connectivity index (χ4v) is 3.56. The Balaban J connectivity index is 1.34. The second kappa shape index (κ2) is 8.70. The number of carbonyl (C=O) groups is 1. The number of hydrogen-bond donors (Lipinski definition) is 1. The van der Waals surface area contributed by atoms with E-state index >= 15 is 0 Å². The van der Waals surface area contributed by atoms with Gasteiger partial charge in [-0.05, 0) is 54.2 Å². The highest BCUT2D eigenvalue weighted by Gasteiger charge is 2.12. The summed E-state index contributed by atoms with van der Waals surface area (Å²) in [5.41, 5.74) is 3.93. The molecule has 0 saturated carbocycles. The predicted molar refractivity (Wildman–Crippen MR) is 113 cm³/mol. The number of aromatic nitrogens is 1. The van der Waals surface area contributed by atoms with E-state index in [9.17, 15) is 4.79 Å². The minimum atomic E-state index is -0.0697. The van der Waals surface area contributed by atoms with Crippen molar-refractivity contribution in [3.8, 4) is 11.1 Å². The molecule has 4 heteroatoms. The highest BCUT2D eigenvalue weighted by Crippen LogP contribution is 2.20. The van der Waals surface area contributed by atoms with Crippen LogP contribution in [0.25, 0.3) is 11.1 Å². The van der Waals surface area contributed by atoms with Gasteiger partial charge in [-0.2, -0.15) is 0 Å². The Morgan fingerprint density at radius 1 is 0.857 bits per heavy atom. The van der Waals surface area contributed by atoms with Gasteiger partial charge in [0.25, 0.3) is 5.91 Å². The Labute approximate surface area is 166 Å². The number of pyridine rings is 1. The summed E-state index contributed by atoms with van der Waals surface area (Å²) in [6, 6.07) is 22.0. The van der Waals surface area contributed by atoms with E-state index in [0.29, 0.717) is 12.1 Å². The molecule has 1 saturated heterocycles. The van der Waals surface area contributed by atoms with Gasteiger partial charge in [0.05, 0.1) is 0 Å².